The van der Waals surface area contributed by atoms with Gasteiger partial charge in [0.1, 0.15) is 11.3 Å². The first kappa shape index (κ1) is 21.3. The molecular weight excluding hydrogens is 362 g/mol. The van der Waals surface area contributed by atoms with Crippen LogP contribution in [0.4, 0.5) is 0 Å². The van der Waals surface area contributed by atoms with Gasteiger partial charge in [-0.25, -0.2) is 9.59 Å². The molecule has 0 radical (unpaired) electrons. The fourth-order valence-electron chi connectivity index (χ4n) is 2.95. The van der Waals surface area contributed by atoms with Crippen LogP contribution >= 0.6 is 0 Å². The predicted molar refractivity (Wildman–Crippen MR) is 104 cm³/mol. The van der Waals surface area contributed by atoms with Crippen LogP contribution < -0.4 is 9.47 Å². The van der Waals surface area contributed by atoms with Crippen molar-refractivity contribution in [2.45, 2.75) is 34.2 Å². The number of hydrogen-bond donors (Lipinski definition) is 0. The molecule has 0 saturated heterocycles. The Morgan fingerprint density at radius 3 is 1.96 bits per heavy atom. The van der Waals surface area contributed by atoms with E-state index in [-0.39, 0.29) is 24.3 Å². The highest BCUT2D eigenvalue weighted by Gasteiger charge is 2.32. The largest absolute Gasteiger partial charge is 0.497 e. The normalized spacial score (nSPS) is 10.5. The third-order valence-corrected chi connectivity index (χ3v) is 4.22. The first-order valence-corrected chi connectivity index (χ1v) is 9.31. The van der Waals surface area contributed by atoms with Crippen molar-refractivity contribution in [3.63, 3.8) is 0 Å². The highest BCUT2D eigenvalue weighted by molar-refractivity contribution is 6.06. The summed E-state index contributed by atoms with van der Waals surface area (Å²) in [7, 11) is 1.61. The zero-order valence-electron chi connectivity index (χ0n) is 17.0. The first-order valence-electron chi connectivity index (χ1n) is 9.31. The van der Waals surface area contributed by atoms with Crippen LogP contribution in [0.1, 0.15) is 52.7 Å². The number of methoxy groups -OCH3 is 1. The fourth-order valence-corrected chi connectivity index (χ4v) is 2.95. The Hall–Kier alpha value is -2.96. The van der Waals surface area contributed by atoms with Crippen LogP contribution in [0, 0.1) is 6.92 Å². The number of nitrogens with zero attached hydrogens (tertiary/aromatic N) is 1. The van der Waals surface area contributed by atoms with E-state index in [9.17, 15) is 9.59 Å². The molecule has 0 spiro atoms. The van der Waals surface area contributed by atoms with Crippen molar-refractivity contribution in [3.8, 4) is 11.6 Å². The van der Waals surface area contributed by atoms with Gasteiger partial charge in [-0.3, -0.25) is 0 Å². The molecule has 0 aliphatic heterocycles. The van der Waals surface area contributed by atoms with Gasteiger partial charge < -0.3 is 23.5 Å². The third-order valence-electron chi connectivity index (χ3n) is 4.22. The Balaban J connectivity index is 2.60. The summed E-state index contributed by atoms with van der Waals surface area (Å²) in [5, 5.41) is 0. The second kappa shape index (κ2) is 9.82. The van der Waals surface area contributed by atoms with Crippen LogP contribution in [0.25, 0.3) is 0 Å². The van der Waals surface area contributed by atoms with E-state index in [1.165, 1.54) is 0 Å². The molecule has 0 N–H and O–H groups in total. The summed E-state index contributed by atoms with van der Waals surface area (Å²) in [6.07, 6.45) is 0. The lowest BCUT2D eigenvalue weighted by molar-refractivity contribution is 0.0476. The van der Waals surface area contributed by atoms with Crippen molar-refractivity contribution in [1.29, 1.82) is 0 Å². The molecule has 0 aliphatic rings. The van der Waals surface area contributed by atoms with Gasteiger partial charge in [-0.2, -0.15) is 0 Å². The van der Waals surface area contributed by atoms with Gasteiger partial charge in [0.05, 0.1) is 39.0 Å². The molecule has 152 valence electrons. The highest BCUT2D eigenvalue weighted by Crippen LogP contribution is 2.32. The van der Waals surface area contributed by atoms with Gasteiger partial charge in [0, 0.05) is 5.69 Å². The van der Waals surface area contributed by atoms with Gasteiger partial charge in [0.15, 0.2) is 0 Å². The monoisotopic (exact) mass is 389 g/mol. The molecular formula is C21H27NO6. The van der Waals surface area contributed by atoms with Gasteiger partial charge in [0.2, 0.25) is 5.88 Å². The Morgan fingerprint density at radius 2 is 1.46 bits per heavy atom. The van der Waals surface area contributed by atoms with E-state index in [0.29, 0.717) is 24.7 Å². The molecule has 1 heterocycles. The zero-order valence-corrected chi connectivity index (χ0v) is 17.0. The Morgan fingerprint density at radius 1 is 0.893 bits per heavy atom. The van der Waals surface area contributed by atoms with Crippen LogP contribution in [-0.2, 0) is 16.0 Å². The number of esters is 2. The zero-order chi connectivity index (χ0) is 20.7. The molecule has 0 bridgehead atoms. The number of carbonyl (C=O) groups excluding carboxylic acids is 2. The molecule has 0 aliphatic carbocycles. The number of hydrogen-bond acceptors (Lipinski definition) is 6. The molecule has 0 amide bonds. The second-order valence-corrected chi connectivity index (χ2v) is 5.95. The van der Waals surface area contributed by atoms with E-state index in [1.54, 1.807) is 32.4 Å². The van der Waals surface area contributed by atoms with Gasteiger partial charge in [-0.15, -0.1) is 0 Å². The van der Waals surface area contributed by atoms with E-state index in [4.69, 9.17) is 18.9 Å². The second-order valence-electron chi connectivity index (χ2n) is 5.95. The fraction of sp³-hybridized carbons (Fsp3) is 0.429. The van der Waals surface area contributed by atoms with Crippen molar-refractivity contribution in [3.05, 3.63) is 46.6 Å². The Labute approximate surface area is 165 Å². The SMILES string of the molecule is CCOC(=O)c1c(C(=O)OCC)c(OCC)n(Cc2ccc(OC)cc2)c1C. The van der Waals surface area contributed by atoms with E-state index in [0.717, 1.165) is 11.3 Å². The van der Waals surface area contributed by atoms with Crippen molar-refractivity contribution in [2.24, 2.45) is 0 Å². The summed E-state index contributed by atoms with van der Waals surface area (Å²) in [5.74, 6) is -0.127. The minimum absolute atomic E-state index is 0.105. The van der Waals surface area contributed by atoms with Crippen molar-refractivity contribution < 1.29 is 28.5 Å². The number of benzene rings is 1. The van der Waals surface area contributed by atoms with Gasteiger partial charge in [-0.1, -0.05) is 12.1 Å². The van der Waals surface area contributed by atoms with Crippen molar-refractivity contribution in [1.82, 2.24) is 4.57 Å². The summed E-state index contributed by atoms with van der Waals surface area (Å²) < 4.78 is 23.1. The summed E-state index contributed by atoms with van der Waals surface area (Å²) in [6, 6.07) is 7.55. The lowest BCUT2D eigenvalue weighted by Gasteiger charge is -2.13. The molecule has 0 fully saturated rings. The van der Waals surface area contributed by atoms with E-state index in [1.807, 2.05) is 31.2 Å². The van der Waals surface area contributed by atoms with E-state index < -0.39 is 11.9 Å². The quantitative estimate of drug-likeness (QED) is 0.610. The van der Waals surface area contributed by atoms with Crippen LogP contribution in [0.15, 0.2) is 24.3 Å². The Bertz CT molecular complexity index is 822. The minimum atomic E-state index is -0.606. The van der Waals surface area contributed by atoms with Crippen LogP contribution in [0.5, 0.6) is 11.6 Å². The van der Waals surface area contributed by atoms with Crippen LogP contribution in [0.2, 0.25) is 0 Å². The maximum Gasteiger partial charge on any atom is 0.344 e. The van der Waals surface area contributed by atoms with E-state index in [2.05, 4.69) is 0 Å². The molecule has 0 unspecified atom stereocenters. The lowest BCUT2D eigenvalue weighted by Crippen LogP contribution is -2.14. The average Bonchev–Trinajstić information content (AvgIpc) is 2.95. The molecule has 7 heteroatoms. The number of rotatable bonds is 9. The molecule has 1 aromatic carbocycles. The molecule has 1 aromatic heterocycles. The average molecular weight is 389 g/mol. The van der Waals surface area contributed by atoms with Gasteiger partial charge in [-0.05, 0) is 45.4 Å². The summed E-state index contributed by atoms with van der Waals surface area (Å²) in [6.45, 7) is 8.15. The molecule has 0 atom stereocenters. The number of carbonyl (C=O) groups is 2. The van der Waals surface area contributed by atoms with Crippen LogP contribution in [0.3, 0.4) is 0 Å². The van der Waals surface area contributed by atoms with Crippen LogP contribution in [-0.4, -0.2) is 43.4 Å². The molecule has 2 aromatic rings. The first-order chi connectivity index (χ1) is 13.5. The number of ether oxygens (including phenoxy) is 4. The summed E-state index contributed by atoms with van der Waals surface area (Å²) in [4.78, 5) is 25.2. The predicted octanol–water partition coefficient (Wildman–Crippen LogP) is 3.61. The molecule has 28 heavy (non-hydrogen) atoms. The minimum Gasteiger partial charge on any atom is -0.497 e. The highest BCUT2D eigenvalue weighted by atomic mass is 16.5. The maximum absolute atomic E-state index is 12.6. The molecule has 7 nitrogen and oxygen atoms in total. The maximum atomic E-state index is 12.6. The molecule has 2 rings (SSSR count). The topological polar surface area (TPSA) is 76.0 Å². The molecule has 0 saturated carbocycles. The van der Waals surface area contributed by atoms with Crippen molar-refractivity contribution >= 4 is 11.9 Å². The summed E-state index contributed by atoms with van der Waals surface area (Å²) in [5.41, 5.74) is 1.83. The number of aromatic nitrogens is 1. The lowest BCUT2D eigenvalue weighted by atomic mass is 10.1. The summed E-state index contributed by atoms with van der Waals surface area (Å²) >= 11 is 0. The standard InChI is InChI=1S/C21H27NO6/c1-6-26-19-18(21(24)28-8-3)17(20(23)27-7-2)14(4)22(19)13-15-9-11-16(25-5)12-10-15/h9-12H,6-8,13H2,1-5H3. The van der Waals surface area contributed by atoms with Crippen molar-refractivity contribution in [2.75, 3.05) is 26.9 Å². The van der Waals surface area contributed by atoms with Gasteiger partial charge >= 0.3 is 11.9 Å². The van der Waals surface area contributed by atoms with Gasteiger partial charge in [0.25, 0.3) is 0 Å². The Kier molecular flexibility index (Phi) is 7.49. The smallest absolute Gasteiger partial charge is 0.344 e. The van der Waals surface area contributed by atoms with E-state index >= 15 is 0 Å². The third kappa shape index (κ3) is 4.47.